The van der Waals surface area contributed by atoms with Gasteiger partial charge in [0, 0.05) is 0 Å². The fourth-order valence-electron chi connectivity index (χ4n) is 1.85. The molecule has 0 aromatic heterocycles. The molecule has 2 atom stereocenters. The molecule has 0 radical (unpaired) electrons. The van der Waals surface area contributed by atoms with Crippen molar-refractivity contribution in [3.63, 3.8) is 0 Å². The summed E-state index contributed by atoms with van der Waals surface area (Å²) in [6.07, 6.45) is 2.32. The summed E-state index contributed by atoms with van der Waals surface area (Å²) in [5, 5.41) is 35.4. The fourth-order valence-corrected chi connectivity index (χ4v) is 1.85. The first kappa shape index (κ1) is 26.1. The van der Waals surface area contributed by atoms with Crippen LogP contribution in [-0.2, 0) is 9.78 Å². The van der Waals surface area contributed by atoms with Gasteiger partial charge in [0.1, 0.15) is 0 Å². The molecule has 8 nitrogen and oxygen atoms in total. The van der Waals surface area contributed by atoms with E-state index in [1.54, 1.807) is 13.8 Å². The van der Waals surface area contributed by atoms with Crippen LogP contribution in [0.2, 0.25) is 0 Å². The highest BCUT2D eigenvalue weighted by molar-refractivity contribution is 5.04. The highest BCUT2D eigenvalue weighted by Gasteiger charge is 2.25. The smallest absolute Gasteiger partial charge is 0.164 e. The van der Waals surface area contributed by atoms with Gasteiger partial charge in [-0.2, -0.15) is 31.0 Å². The van der Waals surface area contributed by atoms with Crippen LogP contribution < -0.4 is 0 Å². The van der Waals surface area contributed by atoms with E-state index in [-0.39, 0.29) is 11.1 Å². The van der Waals surface area contributed by atoms with Crippen LogP contribution in [0.15, 0.2) is 20.5 Å². The summed E-state index contributed by atoms with van der Waals surface area (Å²) in [6, 6.07) is 4.40. The van der Waals surface area contributed by atoms with Gasteiger partial charge in [0.05, 0.1) is 36.4 Å². The number of hydrogen-bond acceptors (Lipinski definition) is 8. The SMILES string of the molecule is CC(C)(C)N=NC(C)(C#N)CCCOOCCCC(C)(C#N)N=NC(C)(C)C. The zero-order chi connectivity index (χ0) is 21.9. The lowest BCUT2D eigenvalue weighted by Gasteiger charge is -2.18. The molecule has 158 valence electrons. The predicted octanol–water partition coefficient (Wildman–Crippen LogP) is 5.56. The molecule has 0 bridgehead atoms. The van der Waals surface area contributed by atoms with E-state index in [2.05, 4.69) is 32.6 Å². The van der Waals surface area contributed by atoms with E-state index in [4.69, 9.17) is 9.78 Å². The maximum Gasteiger partial charge on any atom is 0.164 e. The average molecular weight is 393 g/mol. The minimum atomic E-state index is -0.858. The Morgan fingerprint density at radius 3 is 1.18 bits per heavy atom. The van der Waals surface area contributed by atoms with E-state index in [1.807, 2.05) is 41.5 Å². The van der Waals surface area contributed by atoms with Crippen molar-refractivity contribution >= 4 is 0 Å². The molecular weight excluding hydrogens is 356 g/mol. The molecule has 0 aliphatic rings. The van der Waals surface area contributed by atoms with Crippen LogP contribution in [0.25, 0.3) is 0 Å². The van der Waals surface area contributed by atoms with Crippen LogP contribution in [0.1, 0.15) is 81.1 Å². The second-order valence-corrected chi connectivity index (χ2v) is 9.36. The lowest BCUT2D eigenvalue weighted by Crippen LogP contribution is -2.22. The van der Waals surface area contributed by atoms with Gasteiger partial charge >= 0.3 is 0 Å². The van der Waals surface area contributed by atoms with E-state index >= 15 is 0 Å². The zero-order valence-corrected chi connectivity index (χ0v) is 18.7. The Kier molecular flexibility index (Phi) is 10.4. The van der Waals surface area contributed by atoms with E-state index in [1.165, 1.54) is 0 Å². The van der Waals surface area contributed by atoms with Gasteiger partial charge in [0.2, 0.25) is 0 Å². The van der Waals surface area contributed by atoms with Crippen molar-refractivity contribution in [1.29, 1.82) is 10.5 Å². The molecular formula is C20H36N6O2. The molecule has 0 aromatic carbocycles. The maximum atomic E-state index is 9.33. The van der Waals surface area contributed by atoms with E-state index in [0.29, 0.717) is 38.9 Å². The predicted molar refractivity (Wildman–Crippen MR) is 108 cm³/mol. The monoisotopic (exact) mass is 392 g/mol. The Bertz CT molecular complexity index is 552. The Hall–Kier alpha value is -1.90. The maximum absolute atomic E-state index is 9.33. The quantitative estimate of drug-likeness (QED) is 0.198. The summed E-state index contributed by atoms with van der Waals surface area (Å²) < 4.78 is 0. The van der Waals surface area contributed by atoms with Crippen molar-refractivity contribution in [3.8, 4) is 12.1 Å². The van der Waals surface area contributed by atoms with Crippen LogP contribution in [0, 0.1) is 22.7 Å². The van der Waals surface area contributed by atoms with Gasteiger partial charge in [-0.05, 0) is 81.1 Å². The van der Waals surface area contributed by atoms with Gasteiger partial charge in [0.25, 0.3) is 0 Å². The normalized spacial score (nSPS) is 17.2. The second kappa shape index (κ2) is 11.2. The molecule has 0 rings (SSSR count). The molecule has 0 saturated heterocycles. The Labute approximate surface area is 170 Å². The number of hydrogen-bond donors (Lipinski definition) is 0. The molecule has 0 N–H and O–H groups in total. The minimum absolute atomic E-state index is 0.303. The van der Waals surface area contributed by atoms with E-state index in [0.717, 1.165) is 0 Å². The first-order valence-electron chi connectivity index (χ1n) is 9.69. The van der Waals surface area contributed by atoms with Crippen molar-refractivity contribution in [2.45, 2.75) is 103 Å². The molecule has 0 amide bonds. The van der Waals surface area contributed by atoms with Crippen molar-refractivity contribution < 1.29 is 9.78 Å². The number of azo groups is 2. The van der Waals surface area contributed by atoms with Crippen molar-refractivity contribution in [3.05, 3.63) is 0 Å². The Morgan fingerprint density at radius 1 is 0.607 bits per heavy atom. The highest BCUT2D eigenvalue weighted by atomic mass is 17.2. The average Bonchev–Trinajstić information content (AvgIpc) is 2.59. The lowest BCUT2D eigenvalue weighted by molar-refractivity contribution is -0.295. The van der Waals surface area contributed by atoms with Crippen LogP contribution in [0.3, 0.4) is 0 Å². The first-order chi connectivity index (χ1) is 12.7. The van der Waals surface area contributed by atoms with Crippen LogP contribution in [0.5, 0.6) is 0 Å². The van der Waals surface area contributed by atoms with Gasteiger partial charge in [-0.25, -0.2) is 9.78 Å². The molecule has 0 fully saturated rings. The molecule has 0 heterocycles. The standard InChI is InChI=1S/C20H36N6O2/c1-17(2,3)23-25-19(7,15-21)11-9-13-27-28-14-10-12-20(8,16-22)26-24-18(4,5)6/h9-14H2,1-8H3. The van der Waals surface area contributed by atoms with Gasteiger partial charge in [-0.15, -0.1) is 0 Å². The molecule has 0 saturated carbocycles. The van der Waals surface area contributed by atoms with Gasteiger partial charge < -0.3 is 0 Å². The van der Waals surface area contributed by atoms with Crippen LogP contribution in [0.4, 0.5) is 0 Å². The van der Waals surface area contributed by atoms with E-state index in [9.17, 15) is 10.5 Å². The second-order valence-electron chi connectivity index (χ2n) is 9.36. The summed E-state index contributed by atoms with van der Waals surface area (Å²) in [5.41, 5.74) is -2.32. The molecule has 0 aliphatic heterocycles. The lowest BCUT2D eigenvalue weighted by atomic mass is 9.99. The van der Waals surface area contributed by atoms with Crippen molar-refractivity contribution in [2.24, 2.45) is 20.5 Å². The Balaban J connectivity index is 4.13. The molecule has 0 aromatic rings. The number of nitrogens with zero attached hydrogens (tertiary/aromatic N) is 6. The summed E-state index contributed by atoms with van der Waals surface area (Å²) >= 11 is 0. The molecule has 0 aliphatic carbocycles. The highest BCUT2D eigenvalue weighted by Crippen LogP contribution is 2.21. The summed E-state index contributed by atoms with van der Waals surface area (Å²) in [7, 11) is 0. The summed E-state index contributed by atoms with van der Waals surface area (Å²) in [4.78, 5) is 10.3. The van der Waals surface area contributed by atoms with Crippen molar-refractivity contribution in [2.75, 3.05) is 13.2 Å². The van der Waals surface area contributed by atoms with Crippen molar-refractivity contribution in [1.82, 2.24) is 0 Å². The summed E-state index contributed by atoms with van der Waals surface area (Å²) in [5.74, 6) is 0. The minimum Gasteiger partial charge on any atom is -0.237 e. The van der Waals surface area contributed by atoms with Crippen LogP contribution in [-0.4, -0.2) is 35.4 Å². The van der Waals surface area contributed by atoms with Gasteiger partial charge in [-0.1, -0.05) is 0 Å². The third kappa shape index (κ3) is 13.3. The van der Waals surface area contributed by atoms with Gasteiger partial charge in [-0.3, -0.25) is 0 Å². The largest absolute Gasteiger partial charge is 0.237 e. The third-order valence-electron chi connectivity index (χ3n) is 3.49. The Morgan fingerprint density at radius 2 is 0.929 bits per heavy atom. The number of nitriles is 2. The topological polar surface area (TPSA) is 115 Å². The molecule has 28 heavy (non-hydrogen) atoms. The first-order valence-corrected chi connectivity index (χ1v) is 9.69. The molecule has 0 spiro atoms. The number of rotatable bonds is 11. The fraction of sp³-hybridized carbons (Fsp3) is 0.900. The van der Waals surface area contributed by atoms with Gasteiger partial charge in [0.15, 0.2) is 11.1 Å². The molecule has 2 unspecified atom stereocenters. The van der Waals surface area contributed by atoms with Crippen LogP contribution >= 0.6 is 0 Å². The zero-order valence-electron chi connectivity index (χ0n) is 18.7. The summed E-state index contributed by atoms with van der Waals surface area (Å²) in [6.45, 7) is 15.9. The van der Waals surface area contributed by atoms with E-state index < -0.39 is 11.1 Å². The third-order valence-corrected chi connectivity index (χ3v) is 3.49. The molecule has 8 heteroatoms.